The molecule has 2 rings (SSSR count). The Hall–Kier alpha value is -1.26. The summed E-state index contributed by atoms with van der Waals surface area (Å²) in [6, 6.07) is 6.21. The average Bonchev–Trinajstić information content (AvgIpc) is 3.01. The van der Waals surface area contributed by atoms with Crippen molar-refractivity contribution >= 4 is 0 Å². The molecule has 2 N–H and O–H groups in total. The van der Waals surface area contributed by atoms with E-state index in [0.29, 0.717) is 6.61 Å². The van der Waals surface area contributed by atoms with Gasteiger partial charge in [0.15, 0.2) is 11.5 Å². The maximum Gasteiger partial charge on any atom is 0.164 e. The summed E-state index contributed by atoms with van der Waals surface area (Å²) in [4.78, 5) is 2.45. The summed E-state index contributed by atoms with van der Waals surface area (Å²) in [5.74, 6) is 1.67. The fourth-order valence-corrected chi connectivity index (χ4v) is 2.76. The number of hydrogen-bond acceptors (Lipinski definition) is 4. The van der Waals surface area contributed by atoms with Crippen molar-refractivity contribution < 1.29 is 9.47 Å². The molecule has 0 spiro atoms. The van der Waals surface area contributed by atoms with Gasteiger partial charge >= 0.3 is 0 Å². The van der Waals surface area contributed by atoms with E-state index in [1.54, 1.807) is 7.11 Å². The molecule has 1 saturated heterocycles. The molecule has 118 valence electrons. The highest BCUT2D eigenvalue weighted by Crippen LogP contribution is 2.32. The number of likely N-dealkylation sites (tertiary alicyclic amines) is 1. The van der Waals surface area contributed by atoms with Crippen molar-refractivity contribution in [2.45, 2.75) is 38.6 Å². The van der Waals surface area contributed by atoms with E-state index in [1.165, 1.54) is 25.9 Å². The van der Waals surface area contributed by atoms with Crippen molar-refractivity contribution in [1.82, 2.24) is 4.90 Å². The maximum absolute atomic E-state index is 6.09. The lowest BCUT2D eigenvalue weighted by atomic mass is 10.0. The van der Waals surface area contributed by atoms with E-state index in [9.17, 15) is 0 Å². The van der Waals surface area contributed by atoms with Crippen molar-refractivity contribution in [1.29, 1.82) is 0 Å². The molecule has 1 fully saturated rings. The topological polar surface area (TPSA) is 47.7 Å². The van der Waals surface area contributed by atoms with Gasteiger partial charge in [0.25, 0.3) is 0 Å². The Kier molecular flexibility index (Phi) is 6.33. The molecule has 4 heteroatoms. The van der Waals surface area contributed by atoms with Gasteiger partial charge in [0.05, 0.1) is 7.11 Å². The Morgan fingerprint density at radius 3 is 2.71 bits per heavy atom. The van der Waals surface area contributed by atoms with Gasteiger partial charge in [0.2, 0.25) is 0 Å². The Labute approximate surface area is 128 Å². The Bertz CT molecular complexity index is 431. The third-order valence-electron chi connectivity index (χ3n) is 4.14. The SMILES string of the molecule is CCC(N)Cc1cccc(OC)c1OCCN1CCCC1. The van der Waals surface area contributed by atoms with Crippen LogP contribution >= 0.6 is 0 Å². The normalized spacial score (nSPS) is 16.9. The fourth-order valence-electron chi connectivity index (χ4n) is 2.76. The number of nitrogens with zero attached hydrogens (tertiary/aromatic N) is 1. The fraction of sp³-hybridized carbons (Fsp3) is 0.647. The summed E-state index contributed by atoms with van der Waals surface area (Å²) in [6.07, 6.45) is 4.41. The molecule has 1 aliphatic heterocycles. The van der Waals surface area contributed by atoms with E-state index in [1.807, 2.05) is 12.1 Å². The Balaban J connectivity index is 2.00. The minimum Gasteiger partial charge on any atom is -0.493 e. The van der Waals surface area contributed by atoms with E-state index < -0.39 is 0 Å². The highest BCUT2D eigenvalue weighted by molar-refractivity contribution is 5.47. The zero-order valence-corrected chi connectivity index (χ0v) is 13.3. The predicted octanol–water partition coefficient (Wildman–Crippen LogP) is 2.45. The van der Waals surface area contributed by atoms with Crippen LogP contribution in [0, 0.1) is 0 Å². The first-order chi connectivity index (χ1) is 10.2. The van der Waals surface area contributed by atoms with Gasteiger partial charge < -0.3 is 15.2 Å². The molecular weight excluding hydrogens is 264 g/mol. The molecule has 21 heavy (non-hydrogen) atoms. The summed E-state index contributed by atoms with van der Waals surface area (Å²) < 4.78 is 11.5. The highest BCUT2D eigenvalue weighted by Gasteiger charge is 2.15. The minimum absolute atomic E-state index is 0.165. The Morgan fingerprint density at radius 1 is 1.29 bits per heavy atom. The standard InChI is InChI=1S/C17H28N2O2/c1-3-15(18)13-14-7-6-8-16(20-2)17(14)21-12-11-19-9-4-5-10-19/h6-8,15H,3-5,9-13,18H2,1-2H3. The van der Waals surface area contributed by atoms with Crippen molar-refractivity contribution in [3.8, 4) is 11.5 Å². The van der Waals surface area contributed by atoms with Gasteiger partial charge in [0.1, 0.15) is 6.61 Å². The molecule has 1 unspecified atom stereocenters. The molecule has 1 aliphatic rings. The zero-order chi connectivity index (χ0) is 15.1. The monoisotopic (exact) mass is 292 g/mol. The lowest BCUT2D eigenvalue weighted by Gasteiger charge is -2.19. The van der Waals surface area contributed by atoms with E-state index in [4.69, 9.17) is 15.2 Å². The Morgan fingerprint density at radius 2 is 2.05 bits per heavy atom. The van der Waals surface area contributed by atoms with Crippen LogP contribution < -0.4 is 15.2 Å². The molecule has 0 bridgehead atoms. The second kappa shape index (κ2) is 8.25. The van der Waals surface area contributed by atoms with Gasteiger partial charge in [0, 0.05) is 12.6 Å². The molecule has 1 heterocycles. The first kappa shape index (κ1) is 16.1. The van der Waals surface area contributed by atoms with Gasteiger partial charge in [-0.1, -0.05) is 19.1 Å². The van der Waals surface area contributed by atoms with E-state index in [2.05, 4.69) is 17.9 Å². The maximum atomic E-state index is 6.09. The third kappa shape index (κ3) is 4.61. The average molecular weight is 292 g/mol. The molecular formula is C17H28N2O2. The van der Waals surface area contributed by atoms with Crippen LogP contribution in [-0.4, -0.2) is 44.3 Å². The molecule has 0 aromatic heterocycles. The smallest absolute Gasteiger partial charge is 0.164 e. The minimum atomic E-state index is 0.165. The molecule has 1 aromatic carbocycles. The quantitative estimate of drug-likeness (QED) is 0.799. The largest absolute Gasteiger partial charge is 0.493 e. The first-order valence-corrected chi connectivity index (χ1v) is 8.01. The van der Waals surface area contributed by atoms with Gasteiger partial charge in [-0.2, -0.15) is 0 Å². The van der Waals surface area contributed by atoms with Gasteiger partial charge in [-0.15, -0.1) is 0 Å². The van der Waals surface area contributed by atoms with Crippen LogP contribution in [0.25, 0.3) is 0 Å². The van der Waals surface area contributed by atoms with E-state index in [-0.39, 0.29) is 6.04 Å². The molecule has 0 amide bonds. The molecule has 0 radical (unpaired) electrons. The second-order valence-corrected chi connectivity index (χ2v) is 5.72. The number of para-hydroxylation sites is 1. The van der Waals surface area contributed by atoms with Crippen molar-refractivity contribution in [2.24, 2.45) is 5.73 Å². The number of benzene rings is 1. The van der Waals surface area contributed by atoms with Crippen molar-refractivity contribution in [3.63, 3.8) is 0 Å². The summed E-state index contributed by atoms with van der Waals surface area (Å²) in [5, 5.41) is 0. The number of hydrogen-bond donors (Lipinski definition) is 1. The van der Waals surface area contributed by atoms with Crippen molar-refractivity contribution in [2.75, 3.05) is 33.4 Å². The second-order valence-electron chi connectivity index (χ2n) is 5.72. The summed E-state index contributed by atoms with van der Waals surface area (Å²) >= 11 is 0. The lowest BCUT2D eigenvalue weighted by Crippen LogP contribution is -2.26. The predicted molar refractivity (Wildman–Crippen MR) is 86.1 cm³/mol. The first-order valence-electron chi connectivity index (χ1n) is 8.01. The van der Waals surface area contributed by atoms with Gasteiger partial charge in [-0.25, -0.2) is 0 Å². The van der Waals surface area contributed by atoms with Crippen LogP contribution in [0.1, 0.15) is 31.7 Å². The van der Waals surface area contributed by atoms with Crippen LogP contribution in [0.4, 0.5) is 0 Å². The van der Waals surface area contributed by atoms with Crippen LogP contribution in [-0.2, 0) is 6.42 Å². The van der Waals surface area contributed by atoms with E-state index in [0.717, 1.165) is 36.4 Å². The van der Waals surface area contributed by atoms with Crippen LogP contribution in [0.2, 0.25) is 0 Å². The van der Waals surface area contributed by atoms with Crippen LogP contribution in [0.15, 0.2) is 18.2 Å². The summed E-state index contributed by atoms with van der Waals surface area (Å²) in [6.45, 7) is 6.19. The molecule has 1 atom stereocenters. The molecule has 0 aliphatic carbocycles. The molecule has 4 nitrogen and oxygen atoms in total. The third-order valence-corrected chi connectivity index (χ3v) is 4.14. The molecule has 0 saturated carbocycles. The number of ether oxygens (including phenoxy) is 2. The summed E-state index contributed by atoms with van der Waals surface area (Å²) in [7, 11) is 1.69. The lowest BCUT2D eigenvalue weighted by molar-refractivity contribution is 0.228. The van der Waals surface area contributed by atoms with Gasteiger partial charge in [-0.3, -0.25) is 4.90 Å². The van der Waals surface area contributed by atoms with Crippen molar-refractivity contribution in [3.05, 3.63) is 23.8 Å². The number of nitrogens with two attached hydrogens (primary N) is 1. The van der Waals surface area contributed by atoms with Crippen LogP contribution in [0.3, 0.4) is 0 Å². The number of rotatable bonds is 8. The highest BCUT2D eigenvalue weighted by atomic mass is 16.5. The van der Waals surface area contributed by atoms with E-state index >= 15 is 0 Å². The summed E-state index contributed by atoms with van der Waals surface area (Å²) in [5.41, 5.74) is 7.23. The zero-order valence-electron chi connectivity index (χ0n) is 13.3. The van der Waals surface area contributed by atoms with Gasteiger partial charge in [-0.05, 0) is 50.4 Å². The number of methoxy groups -OCH3 is 1. The van der Waals surface area contributed by atoms with Crippen LogP contribution in [0.5, 0.6) is 11.5 Å². The molecule has 1 aromatic rings.